The van der Waals surface area contributed by atoms with Crippen LogP contribution in [-0.4, -0.2) is 24.0 Å². The zero-order valence-electron chi connectivity index (χ0n) is 10.6. The Morgan fingerprint density at radius 2 is 2.11 bits per heavy atom. The van der Waals surface area contributed by atoms with Crippen molar-refractivity contribution in [3.05, 3.63) is 20.8 Å². The average Bonchev–Trinajstić information content (AvgIpc) is 2.61. The lowest BCUT2D eigenvalue weighted by Crippen LogP contribution is -2.37. The molecule has 1 heterocycles. The lowest BCUT2D eigenvalue weighted by molar-refractivity contribution is -0.163. The van der Waals surface area contributed by atoms with Gasteiger partial charge in [0.15, 0.2) is 0 Å². The number of carbonyl (C=O) groups excluding carboxylic acids is 2. The predicted molar refractivity (Wildman–Crippen MR) is 74.6 cm³/mol. The van der Waals surface area contributed by atoms with Crippen LogP contribution >= 0.6 is 27.3 Å². The van der Waals surface area contributed by atoms with E-state index in [2.05, 4.69) is 21.2 Å². The molecule has 100 valence electrons. The highest BCUT2D eigenvalue weighted by molar-refractivity contribution is 9.10. The number of esters is 1. The second-order valence-corrected chi connectivity index (χ2v) is 6.65. The van der Waals surface area contributed by atoms with Gasteiger partial charge in [0.25, 0.3) is 0 Å². The third-order valence-electron chi connectivity index (χ3n) is 1.86. The van der Waals surface area contributed by atoms with Gasteiger partial charge < -0.3 is 10.1 Å². The van der Waals surface area contributed by atoms with Crippen LogP contribution in [0, 0.1) is 0 Å². The van der Waals surface area contributed by atoms with Crippen LogP contribution in [0.15, 0.2) is 15.9 Å². The Morgan fingerprint density at radius 1 is 1.44 bits per heavy atom. The largest absolute Gasteiger partial charge is 0.453 e. The standard InChI is InChI=1S/C12H16BrNO3S/c1-12(2,3)17-11(16)10(15)14-5-4-9-6-8(13)7-18-9/h6-7H,4-5H2,1-3H3,(H,14,15). The van der Waals surface area contributed by atoms with E-state index in [0.717, 1.165) is 9.35 Å². The highest BCUT2D eigenvalue weighted by atomic mass is 79.9. The van der Waals surface area contributed by atoms with Crippen molar-refractivity contribution in [2.45, 2.75) is 32.8 Å². The van der Waals surface area contributed by atoms with Crippen LogP contribution in [0.25, 0.3) is 0 Å². The van der Waals surface area contributed by atoms with Crippen LogP contribution in [0.5, 0.6) is 0 Å². The fourth-order valence-corrected chi connectivity index (χ4v) is 2.64. The van der Waals surface area contributed by atoms with E-state index in [-0.39, 0.29) is 0 Å². The quantitative estimate of drug-likeness (QED) is 0.683. The van der Waals surface area contributed by atoms with Gasteiger partial charge in [-0.1, -0.05) is 0 Å². The molecule has 0 aliphatic carbocycles. The smallest absolute Gasteiger partial charge is 0.397 e. The van der Waals surface area contributed by atoms with Crippen LogP contribution in [0.1, 0.15) is 25.6 Å². The minimum atomic E-state index is -0.838. The zero-order valence-corrected chi connectivity index (χ0v) is 13.0. The average molecular weight is 334 g/mol. The topological polar surface area (TPSA) is 55.4 Å². The molecule has 18 heavy (non-hydrogen) atoms. The number of hydrogen-bond acceptors (Lipinski definition) is 4. The molecule has 0 aliphatic rings. The van der Waals surface area contributed by atoms with Gasteiger partial charge in [-0.15, -0.1) is 11.3 Å². The van der Waals surface area contributed by atoms with Crippen LogP contribution in [-0.2, 0) is 20.7 Å². The Hall–Kier alpha value is -0.880. The summed E-state index contributed by atoms with van der Waals surface area (Å²) in [5.41, 5.74) is -0.646. The molecular weight excluding hydrogens is 318 g/mol. The fourth-order valence-electron chi connectivity index (χ4n) is 1.18. The highest BCUT2D eigenvalue weighted by Gasteiger charge is 2.22. The summed E-state index contributed by atoms with van der Waals surface area (Å²) in [6.45, 7) is 5.59. The maximum atomic E-state index is 11.4. The van der Waals surface area contributed by atoms with Crippen LogP contribution < -0.4 is 5.32 Å². The number of ether oxygens (including phenoxy) is 1. The molecule has 1 rings (SSSR count). The van der Waals surface area contributed by atoms with Gasteiger partial charge in [-0.3, -0.25) is 4.79 Å². The summed E-state index contributed by atoms with van der Waals surface area (Å²) in [7, 11) is 0. The van der Waals surface area contributed by atoms with E-state index in [1.54, 1.807) is 32.1 Å². The second-order valence-electron chi connectivity index (χ2n) is 4.74. The van der Waals surface area contributed by atoms with Crippen molar-refractivity contribution in [3.8, 4) is 0 Å². The molecule has 1 amide bonds. The third-order valence-corrected chi connectivity index (χ3v) is 3.62. The molecule has 0 aliphatic heterocycles. The number of rotatable bonds is 3. The number of thiophene rings is 1. The van der Waals surface area contributed by atoms with E-state index >= 15 is 0 Å². The normalized spacial score (nSPS) is 11.1. The predicted octanol–water partition coefficient (Wildman–Crippen LogP) is 2.51. The molecular formula is C12H16BrNO3S. The van der Waals surface area contributed by atoms with E-state index in [1.165, 1.54) is 0 Å². The third kappa shape index (κ3) is 5.64. The molecule has 0 aromatic carbocycles. The fraction of sp³-hybridized carbons (Fsp3) is 0.500. The Morgan fingerprint density at radius 3 is 2.61 bits per heavy atom. The molecule has 0 saturated heterocycles. The van der Waals surface area contributed by atoms with E-state index in [1.807, 2.05) is 11.4 Å². The Bertz CT molecular complexity index is 437. The van der Waals surface area contributed by atoms with Gasteiger partial charge in [0, 0.05) is 21.3 Å². The summed E-state index contributed by atoms with van der Waals surface area (Å²) < 4.78 is 5.98. The molecule has 6 heteroatoms. The van der Waals surface area contributed by atoms with Gasteiger partial charge in [0.2, 0.25) is 0 Å². The molecule has 0 unspecified atom stereocenters. The van der Waals surface area contributed by atoms with E-state index < -0.39 is 17.5 Å². The lowest BCUT2D eigenvalue weighted by atomic mass is 10.2. The van der Waals surface area contributed by atoms with Crippen LogP contribution in [0.3, 0.4) is 0 Å². The first kappa shape index (κ1) is 15.2. The molecule has 0 bridgehead atoms. The Labute approximate surface area is 119 Å². The Balaban J connectivity index is 2.31. The van der Waals surface area contributed by atoms with E-state index in [9.17, 15) is 9.59 Å². The van der Waals surface area contributed by atoms with Gasteiger partial charge >= 0.3 is 11.9 Å². The molecule has 0 radical (unpaired) electrons. The van der Waals surface area contributed by atoms with Crippen molar-refractivity contribution in [2.24, 2.45) is 0 Å². The molecule has 0 atom stereocenters. The molecule has 1 N–H and O–H groups in total. The summed E-state index contributed by atoms with van der Waals surface area (Å²) in [4.78, 5) is 23.9. The van der Waals surface area contributed by atoms with Crippen LogP contribution in [0.2, 0.25) is 0 Å². The summed E-state index contributed by atoms with van der Waals surface area (Å²) in [6.07, 6.45) is 0.699. The molecule has 1 aromatic heterocycles. The Kier molecular flexibility index (Phi) is 5.34. The van der Waals surface area contributed by atoms with E-state index in [0.29, 0.717) is 13.0 Å². The van der Waals surface area contributed by atoms with Gasteiger partial charge in [-0.25, -0.2) is 4.79 Å². The van der Waals surface area contributed by atoms with Crippen molar-refractivity contribution >= 4 is 39.1 Å². The first-order chi connectivity index (χ1) is 8.28. The van der Waals surface area contributed by atoms with Gasteiger partial charge in [-0.2, -0.15) is 0 Å². The molecule has 1 aromatic rings. The van der Waals surface area contributed by atoms with Crippen molar-refractivity contribution in [1.29, 1.82) is 0 Å². The monoisotopic (exact) mass is 333 g/mol. The zero-order chi connectivity index (χ0) is 13.8. The SMILES string of the molecule is CC(C)(C)OC(=O)C(=O)NCCc1cc(Br)cs1. The lowest BCUT2D eigenvalue weighted by Gasteiger charge is -2.18. The van der Waals surface area contributed by atoms with Crippen molar-refractivity contribution in [3.63, 3.8) is 0 Å². The second kappa shape index (κ2) is 6.33. The summed E-state index contributed by atoms with van der Waals surface area (Å²) in [6, 6.07) is 1.99. The van der Waals surface area contributed by atoms with Gasteiger partial charge in [0.05, 0.1) is 0 Å². The van der Waals surface area contributed by atoms with Gasteiger partial charge in [-0.05, 0) is 49.2 Å². The summed E-state index contributed by atoms with van der Waals surface area (Å²) in [5, 5.41) is 4.52. The molecule has 0 fully saturated rings. The van der Waals surface area contributed by atoms with Gasteiger partial charge in [0.1, 0.15) is 5.60 Å². The summed E-state index contributed by atoms with van der Waals surface area (Å²) >= 11 is 4.96. The minimum Gasteiger partial charge on any atom is -0.453 e. The number of hydrogen-bond donors (Lipinski definition) is 1. The van der Waals surface area contributed by atoms with Crippen molar-refractivity contribution in [2.75, 3.05) is 6.54 Å². The summed E-state index contributed by atoms with van der Waals surface area (Å²) in [5.74, 6) is -1.53. The number of carbonyl (C=O) groups is 2. The highest BCUT2D eigenvalue weighted by Crippen LogP contribution is 2.19. The first-order valence-corrected chi connectivity index (χ1v) is 7.19. The molecule has 0 spiro atoms. The number of halogens is 1. The number of nitrogens with one attached hydrogen (secondary N) is 1. The van der Waals surface area contributed by atoms with E-state index in [4.69, 9.17) is 4.74 Å². The minimum absolute atomic E-state index is 0.422. The molecule has 0 saturated carbocycles. The van der Waals surface area contributed by atoms with Crippen molar-refractivity contribution in [1.82, 2.24) is 5.32 Å². The molecule has 4 nitrogen and oxygen atoms in total. The maximum Gasteiger partial charge on any atom is 0.397 e. The first-order valence-electron chi connectivity index (χ1n) is 5.52. The maximum absolute atomic E-state index is 11.4. The van der Waals surface area contributed by atoms with Crippen molar-refractivity contribution < 1.29 is 14.3 Å². The number of amides is 1. The van der Waals surface area contributed by atoms with Crippen LogP contribution in [0.4, 0.5) is 0 Å².